The van der Waals surface area contributed by atoms with Gasteiger partial charge in [-0.2, -0.15) is 0 Å². The van der Waals surface area contributed by atoms with E-state index in [0.29, 0.717) is 17.0 Å². The van der Waals surface area contributed by atoms with Crippen LogP contribution in [0.15, 0.2) is 64.7 Å². The molecule has 124 valence electrons. The third-order valence-electron chi connectivity index (χ3n) is 3.34. The molecule has 0 fully saturated rings. The molecule has 6 nitrogen and oxygen atoms in total. The fourth-order valence-electron chi connectivity index (χ4n) is 2.23. The maximum atomic E-state index is 12.2. The highest BCUT2D eigenvalue weighted by molar-refractivity contribution is 6.08. The normalized spacial score (nSPS) is 11.7. The lowest BCUT2D eigenvalue weighted by atomic mass is 10.1. The van der Waals surface area contributed by atoms with Gasteiger partial charge in [0.15, 0.2) is 0 Å². The van der Waals surface area contributed by atoms with Crippen molar-refractivity contribution in [2.45, 2.75) is 6.92 Å². The molecule has 2 aromatic rings. The third-order valence-corrected chi connectivity index (χ3v) is 3.34. The molecule has 6 heteroatoms. The van der Waals surface area contributed by atoms with Crippen molar-refractivity contribution >= 4 is 11.7 Å². The number of hydrogen-bond donors (Lipinski definition) is 1. The number of rotatable bonds is 5. The highest BCUT2D eigenvalue weighted by Crippen LogP contribution is 2.12. The zero-order chi connectivity index (χ0) is 17.5. The second-order valence-electron chi connectivity index (χ2n) is 4.86. The van der Waals surface area contributed by atoms with E-state index in [4.69, 9.17) is 10.5 Å². The zero-order valence-electron chi connectivity index (χ0n) is 13.6. The number of nitrogens with zero attached hydrogens (tertiary/aromatic N) is 2. The molecule has 0 aliphatic heterocycles. The quantitative estimate of drug-likeness (QED) is 0.672. The van der Waals surface area contributed by atoms with Gasteiger partial charge in [-0.3, -0.25) is 14.4 Å². The minimum Gasteiger partial charge on any atom is -0.462 e. The van der Waals surface area contributed by atoms with E-state index < -0.39 is 5.97 Å². The van der Waals surface area contributed by atoms with Crippen LogP contribution < -0.4 is 11.3 Å². The standard InChI is InChI=1S/C18H19N3O3/c1-3-24-18(23)14-7-8-17(22)21(12-14)15-6-4-5-13(11-15)16(20-2)9-10-19/h4-12H,3,19H2,1-2H3. The summed E-state index contributed by atoms with van der Waals surface area (Å²) in [5.41, 5.74) is 7.62. The zero-order valence-corrected chi connectivity index (χ0v) is 13.6. The Morgan fingerprint density at radius 3 is 2.75 bits per heavy atom. The van der Waals surface area contributed by atoms with Gasteiger partial charge in [0.1, 0.15) is 0 Å². The van der Waals surface area contributed by atoms with Crippen LogP contribution in [0.25, 0.3) is 5.69 Å². The molecule has 0 amide bonds. The molecule has 1 heterocycles. The van der Waals surface area contributed by atoms with E-state index in [-0.39, 0.29) is 12.2 Å². The number of allylic oxidation sites excluding steroid dienone is 1. The number of ether oxygens (including phenoxy) is 1. The summed E-state index contributed by atoms with van der Waals surface area (Å²) in [5, 5.41) is 0. The van der Waals surface area contributed by atoms with E-state index >= 15 is 0 Å². The molecule has 0 spiro atoms. The summed E-state index contributed by atoms with van der Waals surface area (Å²) in [7, 11) is 1.66. The average Bonchev–Trinajstić information content (AvgIpc) is 2.60. The van der Waals surface area contributed by atoms with Gasteiger partial charge in [0.2, 0.25) is 0 Å². The molecule has 0 saturated heterocycles. The van der Waals surface area contributed by atoms with E-state index in [9.17, 15) is 9.59 Å². The van der Waals surface area contributed by atoms with Crippen LogP contribution in [0.5, 0.6) is 0 Å². The van der Waals surface area contributed by atoms with Crippen molar-refractivity contribution in [1.29, 1.82) is 0 Å². The van der Waals surface area contributed by atoms with E-state index in [1.807, 2.05) is 12.1 Å². The van der Waals surface area contributed by atoms with E-state index in [1.165, 1.54) is 29.1 Å². The summed E-state index contributed by atoms with van der Waals surface area (Å²) < 4.78 is 6.37. The number of aromatic nitrogens is 1. The topological polar surface area (TPSA) is 86.7 Å². The van der Waals surface area contributed by atoms with Crippen molar-refractivity contribution in [1.82, 2.24) is 4.57 Å². The summed E-state index contributed by atoms with van der Waals surface area (Å²) in [5.74, 6) is -0.468. The molecular formula is C18H19N3O3. The van der Waals surface area contributed by atoms with Crippen LogP contribution in [-0.2, 0) is 4.74 Å². The largest absolute Gasteiger partial charge is 0.462 e. The highest BCUT2D eigenvalue weighted by atomic mass is 16.5. The number of benzene rings is 1. The monoisotopic (exact) mass is 325 g/mol. The summed E-state index contributed by atoms with van der Waals surface area (Å²) in [4.78, 5) is 28.2. The minimum atomic E-state index is -0.468. The molecule has 2 rings (SSSR count). The van der Waals surface area contributed by atoms with Gasteiger partial charge >= 0.3 is 5.97 Å². The van der Waals surface area contributed by atoms with Crippen LogP contribution in [-0.4, -0.2) is 29.9 Å². The van der Waals surface area contributed by atoms with E-state index in [1.54, 1.807) is 32.2 Å². The Kier molecular flexibility index (Phi) is 5.68. The Bertz CT molecular complexity index is 851. The molecule has 24 heavy (non-hydrogen) atoms. The molecule has 0 aliphatic rings. The fourth-order valence-corrected chi connectivity index (χ4v) is 2.23. The van der Waals surface area contributed by atoms with Crippen molar-refractivity contribution in [3.63, 3.8) is 0 Å². The Morgan fingerprint density at radius 1 is 1.29 bits per heavy atom. The van der Waals surface area contributed by atoms with Crippen molar-refractivity contribution in [3.8, 4) is 5.69 Å². The molecular weight excluding hydrogens is 306 g/mol. The Labute approximate surface area is 139 Å². The number of esters is 1. The lowest BCUT2D eigenvalue weighted by molar-refractivity contribution is 0.0525. The maximum absolute atomic E-state index is 12.2. The molecule has 0 unspecified atom stereocenters. The van der Waals surface area contributed by atoms with Crippen LogP contribution in [0.2, 0.25) is 0 Å². The number of carbonyl (C=O) groups is 1. The molecule has 0 atom stereocenters. The molecule has 0 radical (unpaired) electrons. The fraction of sp³-hybridized carbons (Fsp3) is 0.167. The molecule has 1 aromatic heterocycles. The van der Waals surface area contributed by atoms with Crippen LogP contribution in [0.3, 0.4) is 0 Å². The van der Waals surface area contributed by atoms with E-state index in [0.717, 1.165) is 5.56 Å². The van der Waals surface area contributed by atoms with Crippen LogP contribution in [0.1, 0.15) is 22.8 Å². The molecule has 1 aromatic carbocycles. The number of aliphatic imine (C=N–C) groups is 1. The van der Waals surface area contributed by atoms with Gasteiger partial charge < -0.3 is 10.5 Å². The van der Waals surface area contributed by atoms with Crippen molar-refractivity contribution in [3.05, 3.63) is 76.4 Å². The van der Waals surface area contributed by atoms with Crippen molar-refractivity contribution < 1.29 is 9.53 Å². The van der Waals surface area contributed by atoms with Crippen molar-refractivity contribution in [2.24, 2.45) is 10.7 Å². The number of hydrogen-bond acceptors (Lipinski definition) is 5. The lowest BCUT2D eigenvalue weighted by Gasteiger charge is -2.10. The molecule has 0 saturated carbocycles. The van der Waals surface area contributed by atoms with Gasteiger partial charge in [-0.15, -0.1) is 0 Å². The summed E-state index contributed by atoms with van der Waals surface area (Å²) in [6, 6.07) is 10.1. The maximum Gasteiger partial charge on any atom is 0.339 e. The van der Waals surface area contributed by atoms with Gasteiger partial charge in [-0.1, -0.05) is 12.1 Å². The predicted octanol–water partition coefficient (Wildman–Crippen LogP) is 1.91. The minimum absolute atomic E-state index is 0.246. The molecule has 2 N–H and O–H groups in total. The third kappa shape index (κ3) is 3.78. The lowest BCUT2D eigenvalue weighted by Crippen LogP contribution is -2.19. The number of pyridine rings is 1. The van der Waals surface area contributed by atoms with Gasteiger partial charge in [0.25, 0.3) is 5.56 Å². The highest BCUT2D eigenvalue weighted by Gasteiger charge is 2.10. The summed E-state index contributed by atoms with van der Waals surface area (Å²) >= 11 is 0. The predicted molar refractivity (Wildman–Crippen MR) is 93.8 cm³/mol. The number of carbonyl (C=O) groups excluding carboxylic acids is 1. The first kappa shape index (κ1) is 17.2. The Morgan fingerprint density at radius 2 is 2.08 bits per heavy atom. The Hall–Kier alpha value is -3.15. The van der Waals surface area contributed by atoms with Gasteiger partial charge in [-0.05, 0) is 37.4 Å². The first-order valence-electron chi connectivity index (χ1n) is 7.46. The van der Waals surface area contributed by atoms with Crippen LogP contribution in [0.4, 0.5) is 0 Å². The van der Waals surface area contributed by atoms with Gasteiger partial charge in [-0.25, -0.2) is 4.79 Å². The first-order chi connectivity index (χ1) is 11.6. The Balaban J connectivity index is 2.51. The second-order valence-corrected chi connectivity index (χ2v) is 4.86. The molecule has 0 aliphatic carbocycles. The summed E-state index contributed by atoms with van der Waals surface area (Å²) in [6.07, 6.45) is 4.56. The smallest absolute Gasteiger partial charge is 0.339 e. The summed E-state index contributed by atoms with van der Waals surface area (Å²) in [6.45, 7) is 2.00. The molecule has 0 bridgehead atoms. The van der Waals surface area contributed by atoms with Crippen molar-refractivity contribution in [2.75, 3.05) is 13.7 Å². The van der Waals surface area contributed by atoms with Gasteiger partial charge in [0, 0.05) is 30.6 Å². The van der Waals surface area contributed by atoms with E-state index in [2.05, 4.69) is 4.99 Å². The average molecular weight is 325 g/mol. The van der Waals surface area contributed by atoms with Gasteiger partial charge in [0.05, 0.1) is 17.9 Å². The first-order valence-corrected chi connectivity index (χ1v) is 7.46. The van der Waals surface area contributed by atoms with Crippen LogP contribution >= 0.6 is 0 Å². The SMILES string of the molecule is CCOC(=O)c1ccc(=O)n(-c2cccc(C(C=CN)=NC)c2)c1. The number of nitrogens with two attached hydrogens (primary N) is 1. The second kappa shape index (κ2) is 7.92. The van der Waals surface area contributed by atoms with Crippen LogP contribution in [0, 0.1) is 0 Å².